The Kier molecular flexibility index (Phi) is 6.93. The number of nitrogens with zero attached hydrogens (tertiary/aromatic N) is 1. The number of carbonyl (C=O) groups is 2. The molecule has 0 bridgehead atoms. The number of nitrogens with one attached hydrogen (secondary N) is 2. The normalized spacial score (nSPS) is 15.4. The zero-order valence-electron chi connectivity index (χ0n) is 16.2. The lowest BCUT2D eigenvalue weighted by atomic mass is 9.94. The van der Waals surface area contributed by atoms with Gasteiger partial charge in [0, 0.05) is 37.4 Å². The molecule has 1 aliphatic rings. The molecular formula is C20H30ClN3O2. The van der Waals surface area contributed by atoms with Crippen LogP contribution in [0.25, 0.3) is 0 Å². The molecule has 144 valence electrons. The molecule has 2 amide bonds. The minimum Gasteiger partial charge on any atom is -0.377 e. The van der Waals surface area contributed by atoms with Crippen LogP contribution < -0.4 is 15.5 Å². The van der Waals surface area contributed by atoms with E-state index in [1.807, 2.05) is 31.1 Å². The van der Waals surface area contributed by atoms with E-state index in [2.05, 4.69) is 10.6 Å². The maximum Gasteiger partial charge on any atom is 0.253 e. The van der Waals surface area contributed by atoms with Crippen LogP contribution >= 0.6 is 11.6 Å². The number of hydrogen-bond acceptors (Lipinski definition) is 3. The number of halogens is 1. The number of alkyl halides is 1. The van der Waals surface area contributed by atoms with Crippen molar-refractivity contribution in [2.75, 3.05) is 30.2 Å². The fraction of sp³-hybridized carbons (Fsp3) is 0.600. The van der Waals surface area contributed by atoms with E-state index >= 15 is 0 Å². The Hall–Kier alpha value is -1.75. The molecule has 2 N–H and O–H groups in total. The van der Waals surface area contributed by atoms with Crippen molar-refractivity contribution in [3.8, 4) is 0 Å². The Labute approximate surface area is 161 Å². The molecule has 6 heteroatoms. The molecule has 0 heterocycles. The maximum absolute atomic E-state index is 12.9. The highest BCUT2D eigenvalue weighted by Gasteiger charge is 2.27. The van der Waals surface area contributed by atoms with E-state index in [1.165, 1.54) is 6.42 Å². The van der Waals surface area contributed by atoms with Crippen molar-refractivity contribution in [2.24, 2.45) is 5.41 Å². The first kappa shape index (κ1) is 20.6. The first-order chi connectivity index (χ1) is 12.2. The summed E-state index contributed by atoms with van der Waals surface area (Å²) < 4.78 is 0. The van der Waals surface area contributed by atoms with Crippen molar-refractivity contribution in [2.45, 2.75) is 52.0 Å². The lowest BCUT2D eigenvalue weighted by Gasteiger charge is -2.25. The second-order valence-electron chi connectivity index (χ2n) is 7.91. The topological polar surface area (TPSA) is 61.4 Å². The Morgan fingerprint density at radius 2 is 1.85 bits per heavy atom. The smallest absolute Gasteiger partial charge is 0.253 e. The summed E-state index contributed by atoms with van der Waals surface area (Å²) in [6.45, 7) is 3.58. The van der Waals surface area contributed by atoms with Crippen LogP contribution in [-0.4, -0.2) is 37.8 Å². The van der Waals surface area contributed by atoms with Crippen molar-refractivity contribution in [1.82, 2.24) is 5.32 Å². The van der Waals surface area contributed by atoms with E-state index < -0.39 is 5.41 Å². The minimum atomic E-state index is -0.674. The number of hydrogen-bond donors (Lipinski definition) is 2. The van der Waals surface area contributed by atoms with Crippen molar-refractivity contribution in [1.29, 1.82) is 0 Å². The number of anilines is 2. The first-order valence-corrected chi connectivity index (χ1v) is 9.77. The average Bonchev–Trinajstić information content (AvgIpc) is 2.62. The molecule has 1 aliphatic carbocycles. The predicted octanol–water partition coefficient (Wildman–Crippen LogP) is 4.02. The summed E-state index contributed by atoms with van der Waals surface area (Å²) in [6, 6.07) is 5.66. The second kappa shape index (κ2) is 8.76. The third kappa shape index (κ3) is 5.13. The monoisotopic (exact) mass is 379 g/mol. The summed E-state index contributed by atoms with van der Waals surface area (Å²) in [5.41, 5.74) is 1.33. The highest BCUT2D eigenvalue weighted by Crippen LogP contribution is 2.26. The van der Waals surface area contributed by atoms with Crippen LogP contribution in [0.3, 0.4) is 0 Å². The van der Waals surface area contributed by atoms with Crippen molar-refractivity contribution < 1.29 is 9.59 Å². The molecule has 0 unspecified atom stereocenters. The summed E-state index contributed by atoms with van der Waals surface area (Å²) in [6.07, 6.45) is 5.63. The SMILES string of the molecule is CN(C)c1ccc(NC(=O)C(C)(C)CCl)cc1C(=O)NC1CCCCC1. The quantitative estimate of drug-likeness (QED) is 0.734. The lowest BCUT2D eigenvalue weighted by molar-refractivity contribution is -0.122. The molecule has 0 radical (unpaired) electrons. The molecule has 1 fully saturated rings. The van der Waals surface area contributed by atoms with E-state index in [9.17, 15) is 9.59 Å². The van der Waals surface area contributed by atoms with E-state index in [0.29, 0.717) is 11.3 Å². The Bertz CT molecular complexity index is 652. The molecule has 2 rings (SSSR count). The average molecular weight is 380 g/mol. The standard InChI is InChI=1S/C20H30ClN3O2/c1-20(2,13-21)19(26)23-15-10-11-17(24(3)4)16(12-15)18(25)22-14-8-6-5-7-9-14/h10-12,14H,5-9,13H2,1-4H3,(H,22,25)(H,23,26). The molecule has 5 nitrogen and oxygen atoms in total. The van der Waals surface area contributed by atoms with Gasteiger partial charge in [-0.1, -0.05) is 19.3 Å². The molecule has 26 heavy (non-hydrogen) atoms. The second-order valence-corrected chi connectivity index (χ2v) is 8.17. The van der Waals surface area contributed by atoms with Gasteiger partial charge in [0.25, 0.3) is 5.91 Å². The van der Waals surface area contributed by atoms with Gasteiger partial charge in [0.2, 0.25) is 5.91 Å². The van der Waals surface area contributed by atoms with Gasteiger partial charge in [0.15, 0.2) is 0 Å². The molecule has 0 saturated heterocycles. The van der Waals surface area contributed by atoms with Gasteiger partial charge >= 0.3 is 0 Å². The van der Waals surface area contributed by atoms with Gasteiger partial charge < -0.3 is 15.5 Å². The van der Waals surface area contributed by atoms with Crippen molar-refractivity contribution in [3.63, 3.8) is 0 Å². The van der Waals surface area contributed by atoms with Crippen LogP contribution in [0.1, 0.15) is 56.3 Å². The van der Waals surface area contributed by atoms with Crippen LogP contribution in [-0.2, 0) is 4.79 Å². The number of benzene rings is 1. The zero-order valence-corrected chi connectivity index (χ0v) is 16.9. The summed E-state index contributed by atoms with van der Waals surface area (Å²) in [4.78, 5) is 27.1. The molecule has 0 atom stereocenters. The van der Waals surface area contributed by atoms with Crippen LogP contribution in [0, 0.1) is 5.41 Å². The van der Waals surface area contributed by atoms with Gasteiger partial charge in [0.05, 0.1) is 11.0 Å². The first-order valence-electron chi connectivity index (χ1n) is 9.24. The Morgan fingerprint density at radius 1 is 1.19 bits per heavy atom. The van der Waals surface area contributed by atoms with Crippen LogP contribution in [0.5, 0.6) is 0 Å². The number of amides is 2. The van der Waals surface area contributed by atoms with Crippen molar-refractivity contribution >= 4 is 34.8 Å². The molecule has 1 aromatic carbocycles. The van der Waals surface area contributed by atoms with Gasteiger partial charge in [-0.3, -0.25) is 9.59 Å². The van der Waals surface area contributed by atoms with Gasteiger partial charge in [0.1, 0.15) is 0 Å². The minimum absolute atomic E-state index is 0.0895. The Balaban J connectivity index is 2.22. The van der Waals surface area contributed by atoms with E-state index in [0.717, 1.165) is 31.4 Å². The third-order valence-electron chi connectivity index (χ3n) is 4.87. The summed E-state index contributed by atoms with van der Waals surface area (Å²) >= 11 is 5.88. The van der Waals surface area contributed by atoms with E-state index in [-0.39, 0.29) is 23.7 Å². The van der Waals surface area contributed by atoms with Gasteiger partial charge in [-0.05, 0) is 44.9 Å². The number of carbonyl (C=O) groups excluding carboxylic acids is 2. The third-order valence-corrected chi connectivity index (χ3v) is 5.54. The summed E-state index contributed by atoms with van der Waals surface area (Å²) in [5.74, 6) is -0.0269. The maximum atomic E-state index is 12.9. The van der Waals surface area contributed by atoms with Crippen LogP contribution in [0.4, 0.5) is 11.4 Å². The number of rotatable bonds is 6. The van der Waals surface area contributed by atoms with Crippen LogP contribution in [0.15, 0.2) is 18.2 Å². The summed E-state index contributed by atoms with van der Waals surface area (Å²) in [5, 5.41) is 6.03. The molecule has 1 aromatic rings. The highest BCUT2D eigenvalue weighted by atomic mass is 35.5. The van der Waals surface area contributed by atoms with Crippen LogP contribution in [0.2, 0.25) is 0 Å². The fourth-order valence-electron chi connectivity index (χ4n) is 3.06. The zero-order chi connectivity index (χ0) is 19.3. The lowest BCUT2D eigenvalue weighted by Crippen LogP contribution is -2.37. The molecule has 1 saturated carbocycles. The van der Waals surface area contributed by atoms with Gasteiger partial charge in [-0.15, -0.1) is 11.6 Å². The Morgan fingerprint density at radius 3 is 2.42 bits per heavy atom. The summed E-state index contributed by atoms with van der Waals surface area (Å²) in [7, 11) is 3.81. The largest absolute Gasteiger partial charge is 0.377 e. The van der Waals surface area contributed by atoms with E-state index in [4.69, 9.17) is 11.6 Å². The predicted molar refractivity (Wildman–Crippen MR) is 108 cm³/mol. The molecular weight excluding hydrogens is 350 g/mol. The fourth-order valence-corrected chi connectivity index (χ4v) is 3.18. The van der Waals surface area contributed by atoms with E-state index in [1.54, 1.807) is 19.9 Å². The molecule has 0 aromatic heterocycles. The van der Waals surface area contributed by atoms with Crippen molar-refractivity contribution in [3.05, 3.63) is 23.8 Å². The molecule has 0 aliphatic heterocycles. The highest BCUT2D eigenvalue weighted by molar-refractivity contribution is 6.20. The van der Waals surface area contributed by atoms with Gasteiger partial charge in [-0.25, -0.2) is 0 Å². The molecule has 0 spiro atoms. The van der Waals surface area contributed by atoms with Gasteiger partial charge in [-0.2, -0.15) is 0 Å².